The lowest BCUT2D eigenvalue weighted by molar-refractivity contribution is -0.122. The van der Waals surface area contributed by atoms with Crippen molar-refractivity contribution in [3.63, 3.8) is 0 Å². The number of anilines is 3. The van der Waals surface area contributed by atoms with Gasteiger partial charge in [-0.1, -0.05) is 107 Å². The maximum absolute atomic E-state index is 12.4. The van der Waals surface area contributed by atoms with Crippen molar-refractivity contribution in [2.45, 2.75) is 96.8 Å². The van der Waals surface area contributed by atoms with Gasteiger partial charge in [0.2, 0.25) is 12.4 Å². The number of thioether (sulfide) groups is 1. The first-order valence-electron chi connectivity index (χ1n) is 44.3. The zero-order valence-corrected chi connectivity index (χ0v) is 84.1. The summed E-state index contributed by atoms with van der Waals surface area (Å²) in [5, 5.41) is 27.0. The number of aromatic hydroxyl groups is 1. The van der Waals surface area contributed by atoms with E-state index < -0.39 is 5.91 Å². The molecule has 0 unspecified atom stereocenters. The van der Waals surface area contributed by atoms with Gasteiger partial charge in [0.25, 0.3) is 17.7 Å². The van der Waals surface area contributed by atoms with E-state index in [2.05, 4.69) is 108 Å². The number of rotatable bonds is 56. The van der Waals surface area contributed by atoms with Crippen molar-refractivity contribution in [3.05, 3.63) is 131 Å². The number of carbonyl (C=O) groups excluding carboxylic acids is 3. The predicted molar refractivity (Wildman–Crippen MR) is 543 cm³/mol. The van der Waals surface area contributed by atoms with Gasteiger partial charge in [-0.25, -0.2) is 21.5 Å². The van der Waals surface area contributed by atoms with E-state index in [1.54, 1.807) is 124 Å². The van der Waals surface area contributed by atoms with Gasteiger partial charge in [-0.2, -0.15) is 5.26 Å². The zero-order chi connectivity index (χ0) is 93.5. The van der Waals surface area contributed by atoms with Crippen LogP contribution in [0.25, 0.3) is 74.8 Å². The molecular formula is C95H127N13O15S8. The fourth-order valence-electron chi connectivity index (χ4n) is 13.0. The van der Waals surface area contributed by atoms with Crippen molar-refractivity contribution in [2.75, 3.05) is 236 Å². The van der Waals surface area contributed by atoms with Crippen LogP contribution >= 0.6 is 91.1 Å². The number of amides is 3. The lowest BCUT2D eigenvalue weighted by Crippen LogP contribution is -2.28. The molecule has 3 aliphatic heterocycles. The number of aliphatic imine (C=N–C) groups is 3. The van der Waals surface area contributed by atoms with Crippen molar-refractivity contribution in [3.8, 4) is 23.3 Å². The van der Waals surface area contributed by atoms with Crippen LogP contribution in [-0.4, -0.2) is 280 Å². The highest BCUT2D eigenvalue weighted by molar-refractivity contribution is 8.15. The molecule has 0 atom stereocenters. The number of fused-ring (bicyclic) bond motifs is 4. The molecule has 3 aliphatic rings. The lowest BCUT2D eigenvalue weighted by atomic mass is 10.1. The largest absolute Gasteiger partial charge is 0.493 e. The molecule has 28 nitrogen and oxygen atoms in total. The molecule has 8 aromatic heterocycles. The van der Waals surface area contributed by atoms with Gasteiger partial charge in [0.05, 0.1) is 152 Å². The topological polar surface area (TPSA) is 284 Å². The third-order valence-corrected chi connectivity index (χ3v) is 29.6. The number of nitrogens with one attached hydrogen (secondary N) is 1. The Kier molecular flexibility index (Phi) is 48.1. The molecule has 0 radical (unpaired) electrons. The highest BCUT2D eigenvalue weighted by Gasteiger charge is 2.27. The van der Waals surface area contributed by atoms with Gasteiger partial charge in [0.1, 0.15) is 46.2 Å². The summed E-state index contributed by atoms with van der Waals surface area (Å²) in [6, 6.07) is 26.8. The highest BCUT2D eigenvalue weighted by Crippen LogP contribution is 2.42. The number of ether oxygens (including phenoxy) is 11. The molecule has 11 heterocycles. The van der Waals surface area contributed by atoms with Gasteiger partial charge in [0.15, 0.2) is 0 Å². The van der Waals surface area contributed by atoms with Crippen LogP contribution < -0.4 is 29.1 Å². The quantitative estimate of drug-likeness (QED) is 0.0155. The van der Waals surface area contributed by atoms with Crippen LogP contribution in [-0.2, 0) is 73.5 Å². The summed E-state index contributed by atoms with van der Waals surface area (Å²) in [6.45, 7) is 30.8. The first-order valence-corrected chi connectivity index (χ1v) is 50.9. The van der Waals surface area contributed by atoms with E-state index in [0.717, 1.165) is 94.3 Å². The van der Waals surface area contributed by atoms with Gasteiger partial charge in [-0.05, 0) is 99.5 Å². The number of likely N-dealkylation sites (N-methyl/N-ethyl adjacent to an activating group) is 4. The van der Waals surface area contributed by atoms with Gasteiger partial charge >= 0.3 is 0 Å². The van der Waals surface area contributed by atoms with Crippen LogP contribution in [0.1, 0.15) is 112 Å². The third kappa shape index (κ3) is 35.4. The smallest absolute Gasteiger partial charge is 0.277 e. The van der Waals surface area contributed by atoms with Gasteiger partial charge < -0.3 is 82.1 Å². The Morgan fingerprint density at radius 3 is 1.48 bits per heavy atom. The Balaban J connectivity index is 0.000000202. The number of nitrogens with zero attached hydrogens (tertiary/aromatic N) is 12. The summed E-state index contributed by atoms with van der Waals surface area (Å²) in [4.78, 5) is 72.1. The minimum atomic E-state index is -0.393. The Morgan fingerprint density at radius 1 is 0.550 bits per heavy atom. The number of benzene rings is 1. The Hall–Kier alpha value is -8.42. The van der Waals surface area contributed by atoms with Crippen LogP contribution in [0.5, 0.6) is 5.88 Å². The standard InChI is InChI=1S/C34H55N3O6S2.C24H35N3O6S2.C20H19N3OS2.C17H18N4O2S2/c1-5-6-7-8-9-10-11-12-13-14-37(15-16-40-19-20-42-23-24-43-22-21-41-18-17-39-4)33-27-32-31(45-33)26-29(44-32)25-30-34(38)36(3)28(2)35-30;1-18-25-20(24(28)27(18)3)15-19-16-21-22(34-19)17-23(35-21)26(2)5-6-30-9-10-32-13-14-33-12-11-31-8-7-29-4;1-3-9-21-18-12-17-16(26-18)11-14(25-17)10-15-20(24)23(2)19(22-15)13-7-5-4-6-8-13;1-19-4-6-21(2)16-10-15-14(25-16)9-13(24-15)8-12(11-18)17(22)20-5-7-23-3/h25-27H,5-24H2,1-4H3;15-17H,5-14H2,1-4H3;4-8,10-12,24H,3,9H2,1-2H3;8-10H,4-7H2,2-3H3,(H,20,22)/b30-25-;20-15-;;12-8+. The molecule has 3 amide bonds. The fraction of sp³-hybridized carbons (Fsp3) is 0.505. The SMILES string of the molecule is CCCCCCCCCCCN(CCOCCOCCOCCOCCOC)c1cc2sc(/C=C3\N=C(C)N(C)C3=O)cc2s1.CCCN=C1C=c2sc(=Cc3nc(-c4ccccc4)n(C)c3O)cc2S1.COCCOCCOCCOCCOCCN(C)c1cc2sc(/C=C3\N=C(C)N(C)C3=O)cc2s1.[C-]#[N+]CCN(C)c1cc2sc(/C=C(\C#N)C(=O)NCCOC)cc2s1. The number of carbonyl (C=O) groups is 3. The number of hydrogen-bond acceptors (Lipinski definition) is 31. The molecule has 36 heteroatoms. The molecule has 0 spiro atoms. The van der Waals surface area contributed by atoms with Gasteiger partial charge in [-0.3, -0.25) is 33.7 Å². The summed E-state index contributed by atoms with van der Waals surface area (Å²) in [7, 11) is 14.2. The second-order valence-corrected chi connectivity index (χ2v) is 39.1. The van der Waals surface area contributed by atoms with E-state index in [9.17, 15) is 24.8 Å². The molecular weight excluding hydrogens is 1820 g/mol. The number of aromatic nitrogens is 2. The Morgan fingerprint density at radius 2 is 1.01 bits per heavy atom. The van der Waals surface area contributed by atoms with Crippen molar-refractivity contribution in [1.29, 1.82) is 5.26 Å². The van der Waals surface area contributed by atoms with Crippen LogP contribution in [0.15, 0.2) is 110 Å². The molecule has 0 bridgehead atoms. The molecule has 710 valence electrons. The highest BCUT2D eigenvalue weighted by atomic mass is 32.2. The molecule has 2 N–H and O–H groups in total. The number of amidine groups is 2. The maximum atomic E-state index is 12.4. The zero-order valence-electron chi connectivity index (χ0n) is 77.6. The molecule has 0 fully saturated rings. The van der Waals surface area contributed by atoms with Crippen LogP contribution in [0, 0.1) is 17.9 Å². The number of hydrogen-bond donors (Lipinski definition) is 2. The van der Waals surface area contributed by atoms with E-state index in [1.165, 1.54) is 107 Å². The number of unbranched alkanes of at least 4 members (excludes halogenated alkanes) is 8. The first kappa shape index (κ1) is 106. The number of imidazole rings is 1. The third-order valence-electron chi connectivity index (χ3n) is 20.4. The van der Waals surface area contributed by atoms with Gasteiger partial charge in [-0.15, -0.1) is 79.4 Å². The lowest BCUT2D eigenvalue weighted by Gasteiger charge is -2.23. The molecule has 0 saturated heterocycles. The van der Waals surface area contributed by atoms with Crippen molar-refractivity contribution in [1.82, 2.24) is 24.7 Å². The molecule has 0 aliphatic carbocycles. The Labute approximate surface area is 802 Å². The number of methoxy groups -OCH3 is 3. The maximum Gasteiger partial charge on any atom is 0.277 e. The summed E-state index contributed by atoms with van der Waals surface area (Å²) in [6.07, 6.45) is 22.4. The summed E-state index contributed by atoms with van der Waals surface area (Å²) in [5.74, 6) is 1.90. The molecule has 131 heavy (non-hydrogen) atoms. The average Bonchev–Trinajstić information content (AvgIpc) is 1.66. The molecule has 0 saturated carbocycles. The normalized spacial score (nSPS) is 14.2. The Bertz CT molecular complexity index is 5340. The first-order chi connectivity index (χ1) is 63.8. The van der Waals surface area contributed by atoms with E-state index in [4.69, 9.17) is 58.7 Å². The predicted octanol–water partition coefficient (Wildman–Crippen LogP) is 17.0. The molecule has 1 aromatic carbocycles. The minimum absolute atomic E-state index is 0.0460. The van der Waals surface area contributed by atoms with Gasteiger partial charge in [0, 0.05) is 152 Å². The van der Waals surface area contributed by atoms with Crippen molar-refractivity contribution in [2.24, 2.45) is 22.0 Å². The summed E-state index contributed by atoms with van der Waals surface area (Å²) >= 11 is 13.5. The van der Waals surface area contributed by atoms with E-state index in [1.807, 2.05) is 100.0 Å². The van der Waals surface area contributed by atoms with Crippen LogP contribution in [0.2, 0.25) is 0 Å². The second-order valence-electron chi connectivity index (χ2n) is 30.4. The number of nitriles is 1. The summed E-state index contributed by atoms with van der Waals surface area (Å²) in [5.41, 5.74) is 2.66. The van der Waals surface area contributed by atoms with Crippen molar-refractivity contribution < 1.29 is 71.6 Å². The summed E-state index contributed by atoms with van der Waals surface area (Å²) < 4.78 is 70.3. The van der Waals surface area contributed by atoms with Crippen LogP contribution in [0.3, 0.4) is 0 Å². The minimum Gasteiger partial charge on any atom is -0.493 e. The second kappa shape index (κ2) is 59.4. The molecule has 12 rings (SSSR count). The van der Waals surface area contributed by atoms with E-state index in [0.29, 0.717) is 162 Å². The van der Waals surface area contributed by atoms with E-state index >= 15 is 0 Å². The average molecular weight is 1950 g/mol. The number of thiophene rings is 7. The molecule has 9 aromatic rings. The monoisotopic (exact) mass is 1950 g/mol. The van der Waals surface area contributed by atoms with Crippen LogP contribution in [0.4, 0.5) is 15.0 Å². The van der Waals surface area contributed by atoms with Crippen molar-refractivity contribution >= 4 is 199 Å². The fourth-order valence-corrected chi connectivity index (χ4v) is 22.2. The van der Waals surface area contributed by atoms with E-state index in [-0.39, 0.29) is 23.3 Å².